The molecule has 0 saturated carbocycles. The van der Waals surface area contributed by atoms with E-state index in [2.05, 4.69) is 0 Å². The molecule has 0 atom stereocenters. The average molecular weight is 568 g/mol. The minimum Gasteiger partial charge on any atom is -0.377 e. The van der Waals surface area contributed by atoms with Crippen LogP contribution in [0, 0.1) is 0 Å². The number of hydrogen-bond acceptors (Lipinski definition) is 12. The third-order valence-electron chi connectivity index (χ3n) is 6.22. The highest BCUT2D eigenvalue weighted by molar-refractivity contribution is 6.61. The lowest BCUT2D eigenvalue weighted by Crippen LogP contribution is -2.42. The molecule has 0 spiro atoms. The Morgan fingerprint density at radius 1 is 0.389 bits per heavy atom. The number of nitrogens with zero attached hydrogens (tertiary/aromatic N) is 3. The standard InChI is InChI=1S/C21H45N3O9Si3/c1-25-34(26-2,27-3)16-10-13-19-22-20(14-11-17-35(28-4,29-5)30-6)24-21(23-19)15-12-18-36(31-7,32-8)33-9/h10-18H2,1-9H3. The van der Waals surface area contributed by atoms with Crippen molar-refractivity contribution >= 4 is 26.4 Å². The molecule has 0 aromatic carbocycles. The molecule has 0 aliphatic rings. The first-order valence-corrected chi connectivity index (χ1v) is 17.8. The van der Waals surface area contributed by atoms with E-state index in [9.17, 15) is 0 Å². The number of rotatable bonds is 21. The van der Waals surface area contributed by atoms with Crippen LogP contribution in [0.4, 0.5) is 0 Å². The Bertz CT molecular complexity index is 607. The van der Waals surface area contributed by atoms with E-state index in [-0.39, 0.29) is 0 Å². The smallest absolute Gasteiger partial charge is 0.377 e. The van der Waals surface area contributed by atoms with Crippen LogP contribution in [0.1, 0.15) is 36.7 Å². The van der Waals surface area contributed by atoms with Crippen molar-refractivity contribution in [2.24, 2.45) is 0 Å². The fraction of sp³-hybridized carbons (Fsp3) is 0.857. The van der Waals surface area contributed by atoms with Crippen LogP contribution < -0.4 is 0 Å². The van der Waals surface area contributed by atoms with Crippen molar-refractivity contribution in [3.8, 4) is 0 Å². The van der Waals surface area contributed by atoms with E-state index in [0.717, 1.165) is 36.7 Å². The Kier molecular flexibility index (Phi) is 15.7. The summed E-state index contributed by atoms with van der Waals surface area (Å²) in [4.78, 5) is 14.2. The predicted molar refractivity (Wildman–Crippen MR) is 140 cm³/mol. The summed E-state index contributed by atoms with van der Waals surface area (Å²) in [6.45, 7) is 0. The van der Waals surface area contributed by atoms with Crippen molar-refractivity contribution in [3.05, 3.63) is 17.5 Å². The molecule has 0 aliphatic carbocycles. The van der Waals surface area contributed by atoms with Crippen LogP contribution in [-0.2, 0) is 59.1 Å². The van der Waals surface area contributed by atoms with Gasteiger partial charge in [0.25, 0.3) is 0 Å². The number of aryl methyl sites for hydroxylation is 3. The second-order valence-electron chi connectivity index (χ2n) is 8.03. The summed E-state index contributed by atoms with van der Waals surface area (Å²) in [5.41, 5.74) is 0. The van der Waals surface area contributed by atoms with E-state index in [4.69, 9.17) is 54.8 Å². The molecule has 0 amide bonds. The van der Waals surface area contributed by atoms with Gasteiger partial charge in [-0.05, 0) is 19.3 Å². The largest absolute Gasteiger partial charge is 0.500 e. The zero-order valence-corrected chi connectivity index (χ0v) is 26.4. The lowest BCUT2D eigenvalue weighted by molar-refractivity contribution is 0.122. The molecule has 0 bridgehead atoms. The van der Waals surface area contributed by atoms with Gasteiger partial charge in [0.05, 0.1) is 0 Å². The molecule has 210 valence electrons. The Morgan fingerprint density at radius 2 is 0.583 bits per heavy atom. The molecule has 0 N–H and O–H groups in total. The third-order valence-corrected chi connectivity index (χ3v) is 14.7. The van der Waals surface area contributed by atoms with Gasteiger partial charge in [-0.15, -0.1) is 0 Å². The van der Waals surface area contributed by atoms with Gasteiger partial charge in [0.2, 0.25) is 0 Å². The fourth-order valence-corrected chi connectivity index (χ4v) is 9.08. The first kappa shape index (κ1) is 33.3. The van der Waals surface area contributed by atoms with E-state index < -0.39 is 26.4 Å². The number of hydrogen-bond donors (Lipinski definition) is 0. The molecule has 1 aromatic heterocycles. The van der Waals surface area contributed by atoms with Gasteiger partial charge in [-0.25, -0.2) is 15.0 Å². The summed E-state index contributed by atoms with van der Waals surface area (Å²) in [7, 11) is 6.59. The van der Waals surface area contributed by atoms with Gasteiger partial charge in [0, 0.05) is 101 Å². The molecule has 36 heavy (non-hydrogen) atoms. The van der Waals surface area contributed by atoms with Crippen molar-refractivity contribution in [2.75, 3.05) is 64.0 Å². The van der Waals surface area contributed by atoms with E-state index >= 15 is 0 Å². The Hall–Kier alpha value is -0.699. The highest BCUT2D eigenvalue weighted by Gasteiger charge is 2.38. The second-order valence-corrected chi connectivity index (χ2v) is 17.3. The SMILES string of the molecule is CO[Si](CCCc1nc(CCC[Si](OC)(OC)OC)nc(CCC[Si](OC)(OC)OC)n1)(OC)OC. The summed E-state index contributed by atoms with van der Waals surface area (Å²) in [6.07, 6.45) is 4.29. The molecule has 1 aromatic rings. The van der Waals surface area contributed by atoms with Gasteiger partial charge < -0.3 is 39.8 Å². The maximum absolute atomic E-state index is 5.53. The fourth-order valence-electron chi connectivity index (χ4n) is 3.91. The van der Waals surface area contributed by atoms with Crippen LogP contribution >= 0.6 is 0 Å². The van der Waals surface area contributed by atoms with Crippen molar-refractivity contribution < 1.29 is 39.8 Å². The van der Waals surface area contributed by atoms with Crippen LogP contribution in [0.2, 0.25) is 18.1 Å². The zero-order valence-electron chi connectivity index (χ0n) is 23.4. The van der Waals surface area contributed by atoms with Crippen LogP contribution in [0.25, 0.3) is 0 Å². The van der Waals surface area contributed by atoms with Gasteiger partial charge >= 0.3 is 26.4 Å². The van der Waals surface area contributed by atoms with Crippen molar-refractivity contribution in [1.82, 2.24) is 15.0 Å². The maximum Gasteiger partial charge on any atom is 0.500 e. The molecule has 0 unspecified atom stereocenters. The van der Waals surface area contributed by atoms with Crippen LogP contribution in [0.15, 0.2) is 0 Å². The van der Waals surface area contributed by atoms with Gasteiger partial charge in [-0.1, -0.05) is 0 Å². The molecule has 0 fully saturated rings. The normalized spacial score (nSPS) is 12.9. The third kappa shape index (κ3) is 9.88. The molecule has 0 radical (unpaired) electrons. The highest BCUT2D eigenvalue weighted by Crippen LogP contribution is 2.20. The lowest BCUT2D eigenvalue weighted by atomic mass is 10.2. The Morgan fingerprint density at radius 3 is 0.750 bits per heavy atom. The van der Waals surface area contributed by atoms with Crippen LogP contribution in [0.5, 0.6) is 0 Å². The summed E-state index contributed by atoms with van der Waals surface area (Å²) >= 11 is 0. The summed E-state index contributed by atoms with van der Waals surface area (Å²) < 4.78 is 49.8. The summed E-state index contributed by atoms with van der Waals surface area (Å²) in [5, 5.41) is 0. The molecular formula is C21H45N3O9Si3. The van der Waals surface area contributed by atoms with E-state index in [1.165, 1.54) is 0 Å². The molecule has 12 nitrogen and oxygen atoms in total. The monoisotopic (exact) mass is 567 g/mol. The van der Waals surface area contributed by atoms with Crippen LogP contribution in [0.3, 0.4) is 0 Å². The van der Waals surface area contributed by atoms with Crippen LogP contribution in [-0.4, -0.2) is 105 Å². The zero-order chi connectivity index (χ0) is 27.1. The van der Waals surface area contributed by atoms with Crippen molar-refractivity contribution in [3.63, 3.8) is 0 Å². The topological polar surface area (TPSA) is 122 Å². The summed E-state index contributed by atoms with van der Waals surface area (Å²) in [5.74, 6) is 2.22. The van der Waals surface area contributed by atoms with E-state index in [1.54, 1.807) is 64.0 Å². The Labute approximate surface area is 219 Å². The van der Waals surface area contributed by atoms with Gasteiger partial charge in [0.1, 0.15) is 17.5 Å². The number of aromatic nitrogens is 3. The molecular weight excluding hydrogens is 523 g/mol. The molecule has 1 rings (SSSR count). The molecule has 15 heteroatoms. The van der Waals surface area contributed by atoms with Crippen molar-refractivity contribution in [1.29, 1.82) is 0 Å². The van der Waals surface area contributed by atoms with E-state index in [1.807, 2.05) is 0 Å². The Balaban J connectivity index is 2.97. The van der Waals surface area contributed by atoms with E-state index in [0.29, 0.717) is 37.4 Å². The van der Waals surface area contributed by atoms with Gasteiger partial charge in [-0.3, -0.25) is 0 Å². The molecule has 1 heterocycles. The summed E-state index contributed by atoms with van der Waals surface area (Å²) in [6, 6.07) is 2.00. The minimum absolute atomic E-state index is 0.660. The van der Waals surface area contributed by atoms with Gasteiger partial charge in [-0.2, -0.15) is 0 Å². The quantitative estimate of drug-likeness (QED) is 0.203. The molecule has 0 saturated heterocycles. The highest BCUT2D eigenvalue weighted by atomic mass is 28.4. The molecule has 0 aliphatic heterocycles. The average Bonchev–Trinajstić information content (AvgIpc) is 2.92. The second kappa shape index (κ2) is 17.0. The maximum atomic E-state index is 5.53. The lowest BCUT2D eigenvalue weighted by Gasteiger charge is -2.24. The predicted octanol–water partition coefficient (Wildman–Crippen LogP) is 2.30. The first-order valence-electron chi connectivity index (χ1n) is 12.0. The minimum atomic E-state index is -2.65. The first-order chi connectivity index (χ1) is 17.3. The van der Waals surface area contributed by atoms with Crippen molar-refractivity contribution in [2.45, 2.75) is 56.7 Å². The van der Waals surface area contributed by atoms with Gasteiger partial charge in [0.15, 0.2) is 0 Å².